The minimum atomic E-state index is -3.80. The van der Waals surface area contributed by atoms with Gasteiger partial charge in [-0.1, -0.05) is 0 Å². The molecule has 0 bridgehead atoms. The molecular weight excluding hydrogens is 308 g/mol. The van der Waals surface area contributed by atoms with Crippen molar-refractivity contribution in [3.05, 3.63) is 23.8 Å². The third-order valence-electron chi connectivity index (χ3n) is 3.04. The average molecular weight is 330 g/mol. The Balaban J connectivity index is 2.78. The molecule has 0 spiro atoms. The fourth-order valence-electron chi connectivity index (χ4n) is 1.82. The lowest BCUT2D eigenvalue weighted by atomic mass is 10.2. The van der Waals surface area contributed by atoms with Crippen LogP contribution in [0.4, 0.5) is 0 Å². The summed E-state index contributed by atoms with van der Waals surface area (Å²) in [5, 5.41) is 11.2. The number of rotatable bonds is 8. The second-order valence-electron chi connectivity index (χ2n) is 4.84. The van der Waals surface area contributed by atoms with Crippen LogP contribution in [0.2, 0.25) is 0 Å². The number of carbonyl (C=O) groups excluding carboxylic acids is 1. The predicted octanol–water partition coefficient (Wildman–Crippen LogP) is 0.169. The first kappa shape index (κ1) is 18.4. The summed E-state index contributed by atoms with van der Waals surface area (Å²) in [6, 6.07) is 3.56. The molecule has 1 atom stereocenters. The van der Waals surface area contributed by atoms with Crippen molar-refractivity contribution in [3.8, 4) is 5.75 Å². The molecule has 0 aliphatic rings. The summed E-state index contributed by atoms with van der Waals surface area (Å²) in [7, 11) is -2.29. The van der Waals surface area contributed by atoms with E-state index in [1.54, 1.807) is 13.0 Å². The van der Waals surface area contributed by atoms with E-state index in [0.29, 0.717) is 24.3 Å². The van der Waals surface area contributed by atoms with Gasteiger partial charge in [0.05, 0.1) is 18.0 Å². The van der Waals surface area contributed by atoms with Crippen molar-refractivity contribution in [2.24, 2.45) is 0 Å². The molecule has 1 rings (SSSR count). The van der Waals surface area contributed by atoms with Gasteiger partial charge in [0.15, 0.2) is 0 Å². The van der Waals surface area contributed by atoms with Gasteiger partial charge in [0, 0.05) is 13.2 Å². The summed E-state index contributed by atoms with van der Waals surface area (Å²) in [5.41, 5.74) is 0.686. The van der Waals surface area contributed by atoms with Gasteiger partial charge in [-0.25, -0.2) is 8.42 Å². The van der Waals surface area contributed by atoms with E-state index >= 15 is 0 Å². The maximum atomic E-state index is 12.3. The number of aliphatic hydroxyl groups excluding tert-OH is 1. The van der Waals surface area contributed by atoms with E-state index in [0.717, 1.165) is 0 Å². The second kappa shape index (κ2) is 8.11. The third kappa shape index (κ3) is 4.97. The van der Waals surface area contributed by atoms with Crippen LogP contribution in [0.15, 0.2) is 23.1 Å². The Labute approximate surface area is 130 Å². The van der Waals surface area contributed by atoms with Gasteiger partial charge in [-0.05, 0) is 44.0 Å². The van der Waals surface area contributed by atoms with Crippen molar-refractivity contribution >= 4 is 15.9 Å². The van der Waals surface area contributed by atoms with Crippen LogP contribution in [0.25, 0.3) is 0 Å². The van der Waals surface area contributed by atoms with Gasteiger partial charge in [-0.15, -0.1) is 0 Å². The molecule has 22 heavy (non-hydrogen) atoms. The highest BCUT2D eigenvalue weighted by atomic mass is 32.2. The molecule has 0 radical (unpaired) electrons. The molecular formula is C14H22N2O5S. The van der Waals surface area contributed by atoms with Crippen molar-refractivity contribution in [1.29, 1.82) is 0 Å². The predicted molar refractivity (Wildman–Crippen MR) is 82.2 cm³/mol. The van der Waals surface area contributed by atoms with Crippen molar-refractivity contribution in [2.45, 2.75) is 31.2 Å². The van der Waals surface area contributed by atoms with E-state index in [4.69, 9.17) is 9.84 Å². The van der Waals surface area contributed by atoms with E-state index in [-0.39, 0.29) is 11.5 Å². The quantitative estimate of drug-likeness (QED) is 0.589. The monoisotopic (exact) mass is 330 g/mol. The van der Waals surface area contributed by atoms with Crippen LogP contribution in [-0.2, 0) is 14.8 Å². The van der Waals surface area contributed by atoms with Crippen LogP contribution in [0.5, 0.6) is 5.75 Å². The van der Waals surface area contributed by atoms with Crippen LogP contribution in [-0.4, -0.2) is 45.7 Å². The third-order valence-corrected chi connectivity index (χ3v) is 4.57. The number of ether oxygens (including phenoxy) is 1. The zero-order chi connectivity index (χ0) is 16.8. The van der Waals surface area contributed by atoms with E-state index in [9.17, 15) is 13.2 Å². The van der Waals surface area contributed by atoms with Gasteiger partial charge >= 0.3 is 0 Å². The molecule has 8 heteroatoms. The van der Waals surface area contributed by atoms with Crippen molar-refractivity contribution in [2.75, 3.05) is 20.3 Å². The maximum Gasteiger partial charge on any atom is 0.241 e. The average Bonchev–Trinajstić information content (AvgIpc) is 2.46. The molecule has 1 aromatic rings. The van der Waals surface area contributed by atoms with E-state index in [2.05, 4.69) is 10.0 Å². The molecule has 0 heterocycles. The molecule has 1 amide bonds. The van der Waals surface area contributed by atoms with E-state index in [1.165, 1.54) is 26.2 Å². The van der Waals surface area contributed by atoms with Gasteiger partial charge in [0.25, 0.3) is 0 Å². The van der Waals surface area contributed by atoms with Crippen LogP contribution in [0.1, 0.15) is 18.9 Å². The fraction of sp³-hybridized carbons (Fsp3) is 0.500. The number of amides is 1. The molecule has 0 unspecified atom stereocenters. The second-order valence-corrected chi connectivity index (χ2v) is 6.56. The smallest absolute Gasteiger partial charge is 0.241 e. The first-order valence-corrected chi connectivity index (χ1v) is 8.35. The van der Waals surface area contributed by atoms with Gasteiger partial charge in [-0.2, -0.15) is 4.72 Å². The number of benzene rings is 1. The number of aliphatic hydroxyl groups is 1. The van der Waals surface area contributed by atoms with Crippen LogP contribution in [0, 0.1) is 6.92 Å². The Kier molecular flexibility index (Phi) is 6.79. The highest BCUT2D eigenvalue weighted by Crippen LogP contribution is 2.21. The lowest BCUT2D eigenvalue weighted by Crippen LogP contribution is -2.45. The summed E-state index contributed by atoms with van der Waals surface area (Å²) in [5.74, 6) is 0.149. The topological polar surface area (TPSA) is 105 Å². The summed E-state index contributed by atoms with van der Waals surface area (Å²) >= 11 is 0. The van der Waals surface area contributed by atoms with Crippen molar-refractivity contribution < 1.29 is 23.1 Å². The molecule has 7 nitrogen and oxygen atoms in total. The molecule has 1 aromatic carbocycles. The van der Waals surface area contributed by atoms with Crippen LogP contribution in [0.3, 0.4) is 0 Å². The largest absolute Gasteiger partial charge is 0.496 e. The number of nitrogens with one attached hydrogen (secondary N) is 2. The number of hydrogen-bond donors (Lipinski definition) is 3. The molecule has 124 valence electrons. The SMILES string of the molecule is COc1ccc(S(=O)(=O)N[C@H](C)C(=O)NCCCO)cc1C. The maximum absolute atomic E-state index is 12.3. The number of hydrogen-bond acceptors (Lipinski definition) is 5. The lowest BCUT2D eigenvalue weighted by molar-refractivity contribution is -0.122. The van der Waals surface area contributed by atoms with Gasteiger partial charge in [-0.3, -0.25) is 4.79 Å². The van der Waals surface area contributed by atoms with Crippen molar-refractivity contribution in [1.82, 2.24) is 10.0 Å². The molecule has 0 aliphatic heterocycles. The molecule has 0 aromatic heterocycles. The molecule has 0 saturated heterocycles. The number of carbonyl (C=O) groups is 1. The van der Waals surface area contributed by atoms with Gasteiger partial charge in [0.2, 0.25) is 15.9 Å². The van der Waals surface area contributed by atoms with Crippen molar-refractivity contribution in [3.63, 3.8) is 0 Å². The van der Waals surface area contributed by atoms with E-state index < -0.39 is 22.0 Å². The van der Waals surface area contributed by atoms with Gasteiger partial charge < -0.3 is 15.2 Å². The number of methoxy groups -OCH3 is 1. The summed E-state index contributed by atoms with van der Waals surface area (Å²) in [6.45, 7) is 3.46. The number of aryl methyl sites for hydroxylation is 1. The first-order valence-electron chi connectivity index (χ1n) is 6.87. The molecule has 0 fully saturated rings. The van der Waals surface area contributed by atoms with E-state index in [1.807, 2.05) is 0 Å². The summed E-state index contributed by atoms with van der Waals surface area (Å²) in [6.07, 6.45) is 0.420. The molecule has 0 aliphatic carbocycles. The van der Waals surface area contributed by atoms with Crippen LogP contribution < -0.4 is 14.8 Å². The Bertz CT molecular complexity index is 616. The zero-order valence-corrected chi connectivity index (χ0v) is 13.7. The Morgan fingerprint density at radius 3 is 2.64 bits per heavy atom. The fourth-order valence-corrected chi connectivity index (χ4v) is 3.10. The Morgan fingerprint density at radius 1 is 1.41 bits per heavy atom. The summed E-state index contributed by atoms with van der Waals surface area (Å²) in [4.78, 5) is 11.8. The first-order chi connectivity index (χ1) is 10.3. The molecule has 3 N–H and O–H groups in total. The molecule has 0 saturated carbocycles. The zero-order valence-electron chi connectivity index (χ0n) is 12.9. The normalized spacial score (nSPS) is 12.7. The van der Waals surface area contributed by atoms with Gasteiger partial charge in [0.1, 0.15) is 5.75 Å². The Hall–Kier alpha value is -1.64. The lowest BCUT2D eigenvalue weighted by Gasteiger charge is -2.15. The minimum Gasteiger partial charge on any atom is -0.496 e. The summed E-state index contributed by atoms with van der Waals surface area (Å²) < 4.78 is 31.9. The standard InChI is InChI=1S/C14H22N2O5S/c1-10-9-12(5-6-13(10)21-3)22(19,20)16-11(2)14(18)15-7-4-8-17/h5-6,9,11,16-17H,4,7-8H2,1-3H3,(H,15,18)/t11-/m1/s1. The number of sulfonamides is 1. The van der Waals surface area contributed by atoms with Crippen LogP contribution >= 0.6 is 0 Å². The Morgan fingerprint density at radius 2 is 2.09 bits per heavy atom. The highest BCUT2D eigenvalue weighted by Gasteiger charge is 2.22. The minimum absolute atomic E-state index is 0.0362. The highest BCUT2D eigenvalue weighted by molar-refractivity contribution is 7.89.